The van der Waals surface area contributed by atoms with Gasteiger partial charge in [0.25, 0.3) is 0 Å². The van der Waals surface area contributed by atoms with Crippen LogP contribution in [0.25, 0.3) is 10.9 Å². The molecule has 1 atom stereocenters. The zero-order valence-corrected chi connectivity index (χ0v) is 18.7. The van der Waals surface area contributed by atoms with Crippen LogP contribution in [-0.4, -0.2) is 46.5 Å². The summed E-state index contributed by atoms with van der Waals surface area (Å²) >= 11 is 5.88. The molecule has 0 amide bonds. The number of halogens is 3. The van der Waals surface area contributed by atoms with E-state index in [4.69, 9.17) is 11.6 Å². The molecule has 2 heterocycles. The number of fused-ring (bicyclic) bond motifs is 1. The number of nitrogens with zero attached hydrogens (tertiary/aromatic N) is 3. The summed E-state index contributed by atoms with van der Waals surface area (Å²) in [6.07, 6.45) is 2.92. The van der Waals surface area contributed by atoms with Crippen LogP contribution in [0.1, 0.15) is 17.5 Å². The van der Waals surface area contributed by atoms with Crippen LogP contribution in [0.5, 0.6) is 0 Å². The standard InChI is InChI=1S/C25H21ClF2N4O/c1-3-18(33)11-17-12-19-22(13-16(17)7-8-25(28)9-10-32(2)14-25)29-15-30-24(19)31-21-6-4-5-20(26)23(21)27/h3-6,12-13,15H,1,9-11,14H2,2H3,(H,29,30,31). The molecule has 0 saturated carbocycles. The van der Waals surface area contributed by atoms with Crippen LogP contribution in [0.15, 0.2) is 49.3 Å². The highest BCUT2D eigenvalue weighted by molar-refractivity contribution is 6.31. The summed E-state index contributed by atoms with van der Waals surface area (Å²) in [5.41, 5.74) is 0.152. The van der Waals surface area contributed by atoms with Crippen molar-refractivity contribution in [2.24, 2.45) is 0 Å². The van der Waals surface area contributed by atoms with Gasteiger partial charge < -0.3 is 10.2 Å². The van der Waals surface area contributed by atoms with Crippen LogP contribution in [0.3, 0.4) is 0 Å². The molecule has 0 aliphatic carbocycles. The number of alkyl halides is 1. The number of rotatable bonds is 5. The quantitative estimate of drug-likeness (QED) is 0.430. The number of ketones is 1. The fraction of sp³-hybridized carbons (Fsp3) is 0.240. The number of benzene rings is 2. The zero-order valence-electron chi connectivity index (χ0n) is 18.0. The number of allylic oxidation sites excluding steroid dienone is 1. The second kappa shape index (κ2) is 9.26. The Labute approximate surface area is 195 Å². The predicted octanol–water partition coefficient (Wildman–Crippen LogP) is 4.86. The van der Waals surface area contributed by atoms with Crippen molar-refractivity contribution >= 4 is 39.8 Å². The molecule has 0 bridgehead atoms. The molecule has 168 valence electrons. The average Bonchev–Trinajstić information content (AvgIpc) is 3.14. The van der Waals surface area contributed by atoms with Gasteiger partial charge in [0.1, 0.15) is 12.1 Å². The lowest BCUT2D eigenvalue weighted by Gasteiger charge is -2.13. The minimum atomic E-state index is -1.61. The van der Waals surface area contributed by atoms with Crippen LogP contribution in [-0.2, 0) is 11.2 Å². The number of likely N-dealkylation sites (tertiary alicyclic amines) is 1. The van der Waals surface area contributed by atoms with Crippen molar-refractivity contribution in [3.05, 3.63) is 71.3 Å². The van der Waals surface area contributed by atoms with Crippen molar-refractivity contribution in [2.45, 2.75) is 18.5 Å². The lowest BCUT2D eigenvalue weighted by molar-refractivity contribution is -0.114. The number of hydrogen-bond acceptors (Lipinski definition) is 5. The van der Waals surface area contributed by atoms with Crippen LogP contribution in [0, 0.1) is 17.7 Å². The van der Waals surface area contributed by atoms with E-state index in [1.165, 1.54) is 24.5 Å². The Bertz CT molecular complexity index is 1320. The molecule has 5 nitrogen and oxygen atoms in total. The Balaban J connectivity index is 1.79. The first-order chi connectivity index (χ1) is 15.8. The predicted molar refractivity (Wildman–Crippen MR) is 126 cm³/mol. The number of carbonyl (C=O) groups excluding carboxylic acids is 1. The Morgan fingerprint density at radius 1 is 1.39 bits per heavy atom. The van der Waals surface area contributed by atoms with Gasteiger partial charge in [0.2, 0.25) is 0 Å². The molecule has 1 fully saturated rings. The first kappa shape index (κ1) is 22.8. The molecule has 0 spiro atoms. The third-order valence-electron chi connectivity index (χ3n) is 5.49. The molecule has 33 heavy (non-hydrogen) atoms. The van der Waals surface area contributed by atoms with E-state index in [1.54, 1.807) is 18.2 Å². The minimum absolute atomic E-state index is 0.0223. The summed E-state index contributed by atoms with van der Waals surface area (Å²) in [4.78, 5) is 22.5. The molecular formula is C25H21ClF2N4O. The fourth-order valence-electron chi connectivity index (χ4n) is 3.73. The average molecular weight is 467 g/mol. The summed E-state index contributed by atoms with van der Waals surface area (Å²) in [6, 6.07) is 8.01. The number of carbonyl (C=O) groups is 1. The maximum absolute atomic E-state index is 15.0. The summed E-state index contributed by atoms with van der Waals surface area (Å²) in [5.74, 6) is 5.20. The Morgan fingerprint density at radius 2 is 2.21 bits per heavy atom. The molecule has 2 aromatic carbocycles. The van der Waals surface area contributed by atoms with Crippen LogP contribution in [0.2, 0.25) is 5.02 Å². The summed E-state index contributed by atoms with van der Waals surface area (Å²) in [7, 11) is 1.85. The highest BCUT2D eigenvalue weighted by Gasteiger charge is 2.34. The minimum Gasteiger partial charge on any atom is -0.337 e. The SMILES string of the molecule is C=CC(=O)Cc1cc2c(Nc3cccc(Cl)c3F)ncnc2cc1C#CC1(F)CCN(C)C1. The molecule has 1 aliphatic rings. The number of hydrogen-bond donors (Lipinski definition) is 1. The number of aromatic nitrogens is 2. The maximum atomic E-state index is 15.0. The van der Waals surface area contributed by atoms with Gasteiger partial charge in [0, 0.05) is 36.9 Å². The van der Waals surface area contributed by atoms with Gasteiger partial charge in [-0.3, -0.25) is 4.79 Å². The van der Waals surface area contributed by atoms with E-state index in [1.807, 2.05) is 11.9 Å². The lowest BCUT2D eigenvalue weighted by Crippen LogP contribution is -2.25. The first-order valence-electron chi connectivity index (χ1n) is 10.3. The second-order valence-corrected chi connectivity index (χ2v) is 8.43. The molecular weight excluding hydrogens is 446 g/mol. The number of nitrogens with one attached hydrogen (secondary N) is 1. The monoisotopic (exact) mass is 466 g/mol. The summed E-state index contributed by atoms with van der Waals surface area (Å²) < 4.78 is 29.4. The van der Waals surface area contributed by atoms with Gasteiger partial charge in [-0.1, -0.05) is 36.1 Å². The van der Waals surface area contributed by atoms with E-state index in [9.17, 15) is 9.18 Å². The van der Waals surface area contributed by atoms with Crippen molar-refractivity contribution in [3.8, 4) is 11.8 Å². The van der Waals surface area contributed by atoms with Crippen LogP contribution >= 0.6 is 11.6 Å². The molecule has 3 aromatic rings. The molecule has 1 unspecified atom stereocenters. The maximum Gasteiger partial charge on any atom is 0.184 e. The second-order valence-electron chi connectivity index (χ2n) is 8.03. The molecule has 8 heteroatoms. The third-order valence-corrected chi connectivity index (χ3v) is 5.78. The normalized spacial score (nSPS) is 18.1. The van der Waals surface area contributed by atoms with Gasteiger partial charge in [-0.15, -0.1) is 0 Å². The topological polar surface area (TPSA) is 58.1 Å². The Morgan fingerprint density at radius 3 is 2.94 bits per heavy atom. The van der Waals surface area contributed by atoms with Crippen LogP contribution in [0.4, 0.5) is 20.3 Å². The summed E-state index contributed by atoms with van der Waals surface area (Å²) in [5, 5.41) is 3.48. The van der Waals surface area contributed by atoms with Gasteiger partial charge in [-0.25, -0.2) is 18.7 Å². The molecule has 4 rings (SSSR count). The van der Waals surface area contributed by atoms with Gasteiger partial charge in [0.15, 0.2) is 17.3 Å². The zero-order chi connectivity index (χ0) is 23.6. The van der Waals surface area contributed by atoms with Crippen molar-refractivity contribution < 1.29 is 13.6 Å². The summed E-state index contributed by atoms with van der Waals surface area (Å²) in [6.45, 7) is 4.39. The third kappa shape index (κ3) is 5.03. The van der Waals surface area contributed by atoms with Crippen LogP contribution < -0.4 is 5.32 Å². The van der Waals surface area contributed by atoms with E-state index in [0.29, 0.717) is 40.8 Å². The lowest BCUT2D eigenvalue weighted by atomic mass is 9.98. The first-order valence-corrected chi connectivity index (χ1v) is 10.7. The van der Waals surface area contributed by atoms with E-state index in [2.05, 4.69) is 33.7 Å². The molecule has 1 saturated heterocycles. The van der Waals surface area contributed by atoms with Crippen molar-refractivity contribution in [1.29, 1.82) is 0 Å². The van der Waals surface area contributed by atoms with Gasteiger partial charge in [-0.05, 0) is 43.0 Å². The van der Waals surface area contributed by atoms with E-state index >= 15 is 4.39 Å². The number of anilines is 2. The van der Waals surface area contributed by atoms with E-state index in [0.717, 1.165) is 0 Å². The van der Waals surface area contributed by atoms with Gasteiger partial charge >= 0.3 is 0 Å². The Kier molecular flexibility index (Phi) is 6.41. The highest BCUT2D eigenvalue weighted by atomic mass is 35.5. The molecule has 0 radical (unpaired) electrons. The van der Waals surface area contributed by atoms with Gasteiger partial charge in [-0.2, -0.15) is 0 Å². The van der Waals surface area contributed by atoms with Crippen molar-refractivity contribution in [1.82, 2.24) is 14.9 Å². The molecule has 1 aliphatic heterocycles. The van der Waals surface area contributed by atoms with Crippen molar-refractivity contribution in [2.75, 3.05) is 25.5 Å². The fourth-order valence-corrected chi connectivity index (χ4v) is 3.91. The largest absolute Gasteiger partial charge is 0.337 e. The van der Waals surface area contributed by atoms with E-state index in [-0.39, 0.29) is 29.5 Å². The van der Waals surface area contributed by atoms with E-state index < -0.39 is 11.5 Å². The smallest absolute Gasteiger partial charge is 0.184 e. The highest BCUT2D eigenvalue weighted by Crippen LogP contribution is 2.30. The Hall–Kier alpha value is -3.34. The van der Waals surface area contributed by atoms with Gasteiger partial charge in [0.05, 0.1) is 16.2 Å². The van der Waals surface area contributed by atoms with Crippen molar-refractivity contribution in [3.63, 3.8) is 0 Å². The molecule has 1 aromatic heterocycles. The molecule has 1 N–H and O–H groups in total.